The zero-order valence-corrected chi connectivity index (χ0v) is 13.9. The number of aromatic nitrogens is 3. The molecule has 7 heteroatoms. The molecule has 25 heavy (non-hydrogen) atoms. The third-order valence-electron chi connectivity index (χ3n) is 4.80. The fourth-order valence-corrected chi connectivity index (χ4v) is 3.42. The predicted octanol–water partition coefficient (Wildman–Crippen LogP) is 1.73. The van der Waals surface area contributed by atoms with Gasteiger partial charge in [-0.25, -0.2) is 0 Å². The lowest BCUT2D eigenvalue weighted by Gasteiger charge is -2.37. The van der Waals surface area contributed by atoms with Crippen molar-refractivity contribution in [2.45, 2.75) is 31.4 Å². The molecule has 3 aromatic rings. The highest BCUT2D eigenvalue weighted by Crippen LogP contribution is 2.38. The largest absolute Gasteiger partial charge is 0.393 e. The van der Waals surface area contributed by atoms with Crippen LogP contribution in [0.2, 0.25) is 0 Å². The van der Waals surface area contributed by atoms with E-state index in [2.05, 4.69) is 15.6 Å². The smallest absolute Gasteiger partial charge is 0.226 e. The summed E-state index contributed by atoms with van der Waals surface area (Å²) in [6, 6.07) is 7.35. The number of benzene rings is 1. The van der Waals surface area contributed by atoms with Gasteiger partial charge in [0, 0.05) is 24.2 Å². The van der Waals surface area contributed by atoms with E-state index < -0.39 is 0 Å². The van der Waals surface area contributed by atoms with Crippen LogP contribution in [0.4, 0.5) is 0 Å². The van der Waals surface area contributed by atoms with Crippen molar-refractivity contribution in [3.05, 3.63) is 47.9 Å². The Labute approximate surface area is 144 Å². The Kier molecular flexibility index (Phi) is 4.01. The molecule has 1 amide bonds. The first-order valence-corrected chi connectivity index (χ1v) is 8.39. The second-order valence-corrected chi connectivity index (χ2v) is 6.68. The third-order valence-corrected chi connectivity index (χ3v) is 4.80. The molecule has 0 aliphatic heterocycles. The topological polar surface area (TPSA) is 93.2 Å². The number of carbonyl (C=O) groups is 1. The Morgan fingerprint density at radius 3 is 2.96 bits per heavy atom. The van der Waals surface area contributed by atoms with Crippen LogP contribution in [0.3, 0.4) is 0 Å². The number of nitrogens with one attached hydrogen (secondary N) is 1. The summed E-state index contributed by atoms with van der Waals surface area (Å²) in [6.07, 6.45) is 4.92. The van der Waals surface area contributed by atoms with Gasteiger partial charge in [-0.15, -0.1) is 0 Å². The van der Waals surface area contributed by atoms with E-state index in [-0.39, 0.29) is 30.4 Å². The quantitative estimate of drug-likeness (QED) is 0.738. The molecule has 4 rings (SSSR count). The van der Waals surface area contributed by atoms with E-state index in [1.54, 1.807) is 10.9 Å². The van der Waals surface area contributed by atoms with Gasteiger partial charge in [-0.05, 0) is 30.9 Å². The normalized spacial score (nSPS) is 21.0. The molecule has 2 aromatic heterocycles. The predicted molar refractivity (Wildman–Crippen MR) is 90.5 cm³/mol. The number of aliphatic hydroxyl groups is 1. The number of hydrogen-bond acceptors (Lipinski definition) is 5. The van der Waals surface area contributed by atoms with Crippen LogP contribution in [0.15, 0.2) is 41.2 Å². The number of aryl methyl sites for hydroxylation is 1. The summed E-state index contributed by atoms with van der Waals surface area (Å²) in [6.45, 7) is 0. The number of rotatable bonds is 5. The zero-order chi connectivity index (χ0) is 17.4. The molecule has 1 atom stereocenters. The van der Waals surface area contributed by atoms with Gasteiger partial charge in [-0.1, -0.05) is 17.3 Å². The molecule has 0 saturated heterocycles. The van der Waals surface area contributed by atoms with E-state index in [9.17, 15) is 9.90 Å². The molecule has 0 unspecified atom stereocenters. The number of carbonyl (C=O) groups excluding carboxylic acids is 1. The Hall–Kier alpha value is -2.67. The van der Waals surface area contributed by atoms with Gasteiger partial charge in [0.2, 0.25) is 5.91 Å². The van der Waals surface area contributed by atoms with Crippen molar-refractivity contribution in [3.63, 3.8) is 0 Å². The van der Waals surface area contributed by atoms with Crippen LogP contribution in [0.5, 0.6) is 0 Å². The highest BCUT2D eigenvalue weighted by molar-refractivity contribution is 5.86. The van der Waals surface area contributed by atoms with Crippen LogP contribution in [0.25, 0.3) is 11.0 Å². The van der Waals surface area contributed by atoms with Gasteiger partial charge in [0.15, 0.2) is 5.58 Å². The van der Waals surface area contributed by atoms with E-state index in [0.29, 0.717) is 24.1 Å². The maximum atomic E-state index is 12.6. The van der Waals surface area contributed by atoms with Gasteiger partial charge in [-0.2, -0.15) is 5.10 Å². The molecule has 2 N–H and O–H groups in total. The zero-order valence-electron chi connectivity index (χ0n) is 13.9. The van der Waals surface area contributed by atoms with Crippen LogP contribution in [0, 0.1) is 5.92 Å². The minimum absolute atomic E-state index is 0.116. The molecular weight excluding hydrogens is 320 g/mol. The molecule has 1 saturated carbocycles. The van der Waals surface area contributed by atoms with Gasteiger partial charge in [0.25, 0.3) is 0 Å². The molecule has 130 valence electrons. The number of nitrogens with zero attached hydrogens (tertiary/aromatic N) is 3. The van der Waals surface area contributed by atoms with Crippen molar-refractivity contribution in [1.82, 2.24) is 20.3 Å². The first-order chi connectivity index (χ1) is 12.1. The summed E-state index contributed by atoms with van der Waals surface area (Å²) in [5.74, 6) is 0.103. The lowest BCUT2D eigenvalue weighted by molar-refractivity contribution is -0.122. The molecule has 1 fully saturated rings. The average molecular weight is 340 g/mol. The summed E-state index contributed by atoms with van der Waals surface area (Å²) >= 11 is 0. The SMILES string of the molecule is Cn1cc([C@H](NC(=O)Cc2noc3ccccc23)C2CC(O)C2)cn1. The molecule has 1 aliphatic carbocycles. The van der Waals surface area contributed by atoms with E-state index in [4.69, 9.17) is 4.52 Å². The van der Waals surface area contributed by atoms with Gasteiger partial charge >= 0.3 is 0 Å². The minimum Gasteiger partial charge on any atom is -0.393 e. The van der Waals surface area contributed by atoms with Gasteiger partial charge in [0.1, 0.15) is 5.69 Å². The summed E-state index contributed by atoms with van der Waals surface area (Å²) in [5, 5.41) is 21.8. The molecule has 7 nitrogen and oxygen atoms in total. The molecule has 1 aliphatic rings. The van der Waals surface area contributed by atoms with Crippen molar-refractivity contribution < 1.29 is 14.4 Å². The van der Waals surface area contributed by atoms with Gasteiger partial charge < -0.3 is 14.9 Å². The Balaban J connectivity index is 1.50. The maximum absolute atomic E-state index is 12.6. The number of amides is 1. The highest BCUT2D eigenvalue weighted by atomic mass is 16.5. The summed E-state index contributed by atoms with van der Waals surface area (Å²) in [5.41, 5.74) is 2.26. The molecule has 1 aromatic carbocycles. The van der Waals surface area contributed by atoms with Crippen LogP contribution >= 0.6 is 0 Å². The number of hydrogen-bond donors (Lipinski definition) is 2. The van der Waals surface area contributed by atoms with Crippen molar-refractivity contribution >= 4 is 16.9 Å². The van der Waals surface area contributed by atoms with E-state index in [0.717, 1.165) is 10.9 Å². The maximum Gasteiger partial charge on any atom is 0.226 e. The van der Waals surface area contributed by atoms with Crippen molar-refractivity contribution in [3.8, 4) is 0 Å². The first kappa shape index (κ1) is 15.8. The summed E-state index contributed by atoms with van der Waals surface area (Å²) < 4.78 is 6.98. The van der Waals surface area contributed by atoms with Crippen LogP contribution in [-0.2, 0) is 18.3 Å². The molecular formula is C18H20N4O3. The second-order valence-electron chi connectivity index (χ2n) is 6.68. The Bertz CT molecular complexity index is 895. The van der Waals surface area contributed by atoms with Crippen molar-refractivity contribution in [2.24, 2.45) is 13.0 Å². The lowest BCUT2D eigenvalue weighted by atomic mass is 9.75. The molecule has 0 spiro atoms. The molecule has 0 bridgehead atoms. The Morgan fingerprint density at radius 1 is 1.44 bits per heavy atom. The molecule has 2 heterocycles. The van der Waals surface area contributed by atoms with Crippen LogP contribution in [0.1, 0.15) is 30.1 Å². The lowest BCUT2D eigenvalue weighted by Crippen LogP contribution is -2.41. The second kappa shape index (κ2) is 6.33. The first-order valence-electron chi connectivity index (χ1n) is 8.39. The van der Waals surface area contributed by atoms with Gasteiger partial charge in [-0.3, -0.25) is 9.48 Å². The average Bonchev–Trinajstić information content (AvgIpc) is 3.17. The summed E-state index contributed by atoms with van der Waals surface area (Å²) in [7, 11) is 1.85. The monoisotopic (exact) mass is 340 g/mol. The van der Waals surface area contributed by atoms with Gasteiger partial charge in [0.05, 0.1) is 24.8 Å². The number of para-hydroxylation sites is 1. The van der Waals surface area contributed by atoms with Crippen LogP contribution in [-0.4, -0.2) is 32.1 Å². The van der Waals surface area contributed by atoms with E-state index in [1.165, 1.54) is 0 Å². The number of aliphatic hydroxyl groups excluding tert-OH is 1. The Morgan fingerprint density at radius 2 is 2.24 bits per heavy atom. The minimum atomic E-state index is -0.277. The van der Waals surface area contributed by atoms with Crippen molar-refractivity contribution in [1.29, 1.82) is 0 Å². The fourth-order valence-electron chi connectivity index (χ4n) is 3.42. The van der Waals surface area contributed by atoms with E-state index >= 15 is 0 Å². The fraction of sp³-hybridized carbons (Fsp3) is 0.389. The standard InChI is InChI=1S/C18H20N4O3/c1-22-10-12(9-19-22)18(11-6-13(23)7-11)20-17(24)8-15-14-4-2-3-5-16(14)25-21-15/h2-5,9-11,13,18,23H,6-8H2,1H3,(H,20,24)/t11?,13?,18-/m1/s1. The number of fused-ring (bicyclic) bond motifs is 1. The molecule has 0 radical (unpaired) electrons. The van der Waals surface area contributed by atoms with E-state index in [1.807, 2.05) is 37.5 Å². The van der Waals surface area contributed by atoms with Crippen LogP contribution < -0.4 is 5.32 Å². The highest BCUT2D eigenvalue weighted by Gasteiger charge is 2.36. The van der Waals surface area contributed by atoms with Crippen molar-refractivity contribution in [2.75, 3.05) is 0 Å². The summed E-state index contributed by atoms with van der Waals surface area (Å²) in [4.78, 5) is 12.6. The third kappa shape index (κ3) is 3.15.